The van der Waals surface area contributed by atoms with Crippen LogP contribution in [0.3, 0.4) is 0 Å². The van der Waals surface area contributed by atoms with Gasteiger partial charge >= 0.3 is 0 Å². The van der Waals surface area contributed by atoms with Crippen LogP contribution in [0.4, 0.5) is 0 Å². The van der Waals surface area contributed by atoms with Gasteiger partial charge < -0.3 is 9.84 Å². The molecule has 2 unspecified atom stereocenters. The molecule has 31 heavy (non-hydrogen) atoms. The Hall–Kier alpha value is -3.45. The van der Waals surface area contributed by atoms with Crippen molar-refractivity contribution in [2.45, 2.75) is 38.5 Å². The summed E-state index contributed by atoms with van der Waals surface area (Å²) >= 11 is 0. The number of aromatic hydroxyl groups is 1. The van der Waals surface area contributed by atoms with Crippen LogP contribution in [-0.4, -0.2) is 31.0 Å². The maximum Gasteiger partial charge on any atom is 0.261 e. The molecule has 0 spiro atoms. The third-order valence-corrected chi connectivity index (χ3v) is 5.94. The Kier molecular flexibility index (Phi) is 5.03. The molecule has 1 fully saturated rings. The van der Waals surface area contributed by atoms with E-state index in [1.54, 1.807) is 29.1 Å². The van der Waals surface area contributed by atoms with Gasteiger partial charge in [-0.15, -0.1) is 0 Å². The number of hydrogen-bond acceptors (Lipinski definition) is 5. The summed E-state index contributed by atoms with van der Waals surface area (Å²) < 4.78 is 9.28. The van der Waals surface area contributed by atoms with Gasteiger partial charge in [0.1, 0.15) is 12.0 Å². The molecule has 4 aromatic rings. The van der Waals surface area contributed by atoms with Gasteiger partial charge in [-0.05, 0) is 61.6 Å². The van der Waals surface area contributed by atoms with E-state index in [0.717, 1.165) is 42.6 Å². The summed E-state index contributed by atoms with van der Waals surface area (Å²) in [6.07, 6.45) is 8.52. The molecule has 1 aliphatic heterocycles. The number of phenolic OH excluding ortho intramolecular Hbond substituents is 1. The van der Waals surface area contributed by atoms with E-state index in [2.05, 4.69) is 10.1 Å². The number of fused-ring (bicyclic) bond motifs is 1. The van der Waals surface area contributed by atoms with Crippen molar-refractivity contribution >= 4 is 10.9 Å². The molecule has 1 saturated heterocycles. The highest BCUT2D eigenvalue weighted by atomic mass is 16.5. The second kappa shape index (κ2) is 8.00. The van der Waals surface area contributed by atoms with Gasteiger partial charge in [0.2, 0.25) is 0 Å². The normalized spacial score (nSPS) is 17.6. The van der Waals surface area contributed by atoms with Gasteiger partial charge in [0, 0.05) is 18.4 Å². The van der Waals surface area contributed by atoms with E-state index in [0.29, 0.717) is 10.9 Å². The number of ether oxygens (including phenoxy) is 1. The first-order chi connectivity index (χ1) is 15.1. The Labute approximate surface area is 179 Å². The number of rotatable bonds is 4. The fourth-order valence-electron chi connectivity index (χ4n) is 4.11. The summed E-state index contributed by atoms with van der Waals surface area (Å²) in [5.41, 5.74) is 3.22. The summed E-state index contributed by atoms with van der Waals surface area (Å²) in [5, 5.41) is 14.8. The molecule has 0 bridgehead atoms. The van der Waals surface area contributed by atoms with Gasteiger partial charge in [-0.1, -0.05) is 18.2 Å². The largest absolute Gasteiger partial charge is 0.508 e. The van der Waals surface area contributed by atoms with E-state index in [4.69, 9.17) is 4.74 Å². The number of aromatic nitrogens is 4. The highest BCUT2D eigenvalue weighted by Crippen LogP contribution is 2.27. The van der Waals surface area contributed by atoms with Crippen molar-refractivity contribution in [2.75, 3.05) is 6.61 Å². The first kappa shape index (κ1) is 19.5. The molecule has 2 aromatic heterocycles. The van der Waals surface area contributed by atoms with E-state index >= 15 is 0 Å². The van der Waals surface area contributed by atoms with E-state index < -0.39 is 0 Å². The third kappa shape index (κ3) is 3.72. The minimum atomic E-state index is -0.258. The van der Waals surface area contributed by atoms with Gasteiger partial charge in [0.25, 0.3) is 5.56 Å². The molecule has 2 atom stereocenters. The van der Waals surface area contributed by atoms with Gasteiger partial charge in [-0.3, -0.25) is 9.36 Å². The Morgan fingerprint density at radius 2 is 2.06 bits per heavy atom. The monoisotopic (exact) mass is 416 g/mol. The summed E-state index contributed by atoms with van der Waals surface area (Å²) in [5.74, 6) is 0.174. The quantitative estimate of drug-likeness (QED) is 0.537. The second-order valence-corrected chi connectivity index (χ2v) is 7.99. The van der Waals surface area contributed by atoms with Crippen LogP contribution in [0.25, 0.3) is 22.0 Å². The molecule has 5 rings (SSSR count). The van der Waals surface area contributed by atoms with Crippen LogP contribution >= 0.6 is 0 Å². The Bertz CT molecular complexity index is 1290. The Morgan fingerprint density at radius 3 is 2.87 bits per heavy atom. The molecular formula is C24H24N4O3. The van der Waals surface area contributed by atoms with E-state index in [-0.39, 0.29) is 23.6 Å². The predicted molar refractivity (Wildman–Crippen MR) is 118 cm³/mol. The molecule has 0 saturated carbocycles. The fraction of sp³-hybridized carbons (Fsp3) is 0.292. The van der Waals surface area contributed by atoms with E-state index in [1.807, 2.05) is 48.3 Å². The summed E-state index contributed by atoms with van der Waals surface area (Å²) in [6.45, 7) is 2.68. The molecule has 158 valence electrons. The van der Waals surface area contributed by atoms with Crippen molar-refractivity contribution in [3.63, 3.8) is 0 Å². The fourth-order valence-corrected chi connectivity index (χ4v) is 4.11. The van der Waals surface area contributed by atoms with Crippen molar-refractivity contribution in [1.29, 1.82) is 0 Å². The van der Waals surface area contributed by atoms with Crippen molar-refractivity contribution < 1.29 is 9.84 Å². The molecule has 0 amide bonds. The Morgan fingerprint density at radius 1 is 1.16 bits per heavy atom. The molecule has 7 nitrogen and oxygen atoms in total. The SMILES string of the molecule is CC(c1cccc(O)c1)n1cnc2ccc(-c3cnn(C4CCCCO4)c3)cc2c1=O. The first-order valence-corrected chi connectivity index (χ1v) is 10.6. The predicted octanol–water partition coefficient (Wildman–Crippen LogP) is 4.27. The molecule has 3 heterocycles. The lowest BCUT2D eigenvalue weighted by atomic mass is 10.1. The maximum atomic E-state index is 13.3. The zero-order valence-corrected chi connectivity index (χ0v) is 17.3. The summed E-state index contributed by atoms with van der Waals surface area (Å²) in [6, 6.07) is 12.4. The maximum absolute atomic E-state index is 13.3. The van der Waals surface area contributed by atoms with E-state index in [1.165, 1.54) is 0 Å². The molecule has 1 aliphatic rings. The number of hydrogen-bond donors (Lipinski definition) is 1. The van der Waals surface area contributed by atoms with Gasteiger partial charge in [0.05, 0.1) is 29.5 Å². The van der Waals surface area contributed by atoms with Gasteiger partial charge in [-0.25, -0.2) is 9.67 Å². The molecule has 0 aliphatic carbocycles. The number of benzene rings is 2. The van der Waals surface area contributed by atoms with Gasteiger partial charge in [0.15, 0.2) is 0 Å². The molecule has 0 radical (unpaired) electrons. The van der Waals surface area contributed by atoms with Crippen LogP contribution in [-0.2, 0) is 4.74 Å². The van der Waals surface area contributed by atoms with Crippen LogP contribution in [0.15, 0.2) is 66.0 Å². The van der Waals surface area contributed by atoms with Crippen LogP contribution in [0.2, 0.25) is 0 Å². The zero-order valence-electron chi connectivity index (χ0n) is 17.3. The molecular weight excluding hydrogens is 392 g/mol. The lowest BCUT2D eigenvalue weighted by Crippen LogP contribution is -2.24. The molecule has 7 heteroatoms. The lowest BCUT2D eigenvalue weighted by molar-refractivity contribution is -0.0394. The van der Waals surface area contributed by atoms with Crippen molar-refractivity contribution in [2.24, 2.45) is 0 Å². The highest BCUT2D eigenvalue weighted by molar-refractivity contribution is 5.83. The lowest BCUT2D eigenvalue weighted by Gasteiger charge is -2.22. The minimum absolute atomic E-state index is 0.0232. The highest BCUT2D eigenvalue weighted by Gasteiger charge is 2.18. The second-order valence-electron chi connectivity index (χ2n) is 7.99. The zero-order chi connectivity index (χ0) is 21.4. The minimum Gasteiger partial charge on any atom is -0.508 e. The average molecular weight is 416 g/mol. The van der Waals surface area contributed by atoms with Crippen LogP contribution in [0, 0.1) is 0 Å². The standard InChI is InChI=1S/C24H24N4O3/c1-16(17-5-4-6-20(29)11-17)27-15-25-22-9-8-18(12-21(22)24(27)30)19-13-26-28(14-19)23-7-2-3-10-31-23/h4-6,8-9,11-16,23,29H,2-3,7,10H2,1H3. The average Bonchev–Trinajstić information content (AvgIpc) is 3.30. The molecule has 1 N–H and O–H groups in total. The van der Waals surface area contributed by atoms with Crippen molar-refractivity contribution in [3.05, 3.63) is 77.1 Å². The van der Waals surface area contributed by atoms with Crippen molar-refractivity contribution in [3.8, 4) is 16.9 Å². The van der Waals surface area contributed by atoms with Crippen LogP contribution in [0.1, 0.15) is 44.0 Å². The van der Waals surface area contributed by atoms with Crippen LogP contribution in [0.5, 0.6) is 5.75 Å². The smallest absolute Gasteiger partial charge is 0.261 e. The topological polar surface area (TPSA) is 82.2 Å². The van der Waals surface area contributed by atoms with Crippen molar-refractivity contribution in [1.82, 2.24) is 19.3 Å². The van der Waals surface area contributed by atoms with E-state index in [9.17, 15) is 9.90 Å². The van der Waals surface area contributed by atoms with Gasteiger partial charge in [-0.2, -0.15) is 5.10 Å². The van der Waals surface area contributed by atoms with Crippen LogP contribution < -0.4 is 5.56 Å². The first-order valence-electron chi connectivity index (χ1n) is 10.6. The summed E-state index contributed by atoms with van der Waals surface area (Å²) in [7, 11) is 0. The number of phenols is 1. The third-order valence-electron chi connectivity index (χ3n) is 5.94. The Balaban J connectivity index is 1.51. The molecule has 2 aromatic carbocycles. The summed E-state index contributed by atoms with van der Waals surface area (Å²) in [4.78, 5) is 17.8. The number of nitrogens with zero attached hydrogens (tertiary/aromatic N) is 4.